The second kappa shape index (κ2) is 9.61. The van der Waals surface area contributed by atoms with Gasteiger partial charge in [0.1, 0.15) is 12.4 Å². The molecule has 0 radical (unpaired) electrons. The molecule has 0 spiro atoms. The topological polar surface area (TPSA) is 56.2 Å². The van der Waals surface area contributed by atoms with E-state index >= 15 is 0 Å². The number of carbonyl (C=O) groups excluding carboxylic acids is 1. The number of hydrogen-bond acceptors (Lipinski definition) is 3. The van der Waals surface area contributed by atoms with Gasteiger partial charge in [-0.3, -0.25) is 9.48 Å². The molecule has 1 amide bonds. The number of carbonyl (C=O) groups is 1. The summed E-state index contributed by atoms with van der Waals surface area (Å²) >= 11 is 0. The summed E-state index contributed by atoms with van der Waals surface area (Å²) in [4.78, 5) is 12.8. The Morgan fingerprint density at radius 2 is 1.87 bits per heavy atom. The summed E-state index contributed by atoms with van der Waals surface area (Å²) in [5, 5.41) is 7.44. The van der Waals surface area contributed by atoms with Crippen molar-refractivity contribution in [3.63, 3.8) is 0 Å². The molecule has 2 aromatic carbocycles. The third-order valence-corrected chi connectivity index (χ3v) is 5.40. The predicted molar refractivity (Wildman–Crippen MR) is 120 cm³/mol. The van der Waals surface area contributed by atoms with Gasteiger partial charge in [-0.15, -0.1) is 0 Å². The summed E-state index contributed by atoms with van der Waals surface area (Å²) in [7, 11) is 0. The van der Waals surface area contributed by atoms with Gasteiger partial charge < -0.3 is 10.1 Å². The number of aromatic nitrogens is 2. The van der Waals surface area contributed by atoms with Gasteiger partial charge in [0.15, 0.2) is 0 Å². The van der Waals surface area contributed by atoms with E-state index in [2.05, 4.69) is 43.3 Å². The van der Waals surface area contributed by atoms with E-state index in [1.165, 1.54) is 5.56 Å². The number of nitrogens with one attached hydrogen (secondary N) is 1. The molecule has 1 atom stereocenters. The van der Waals surface area contributed by atoms with E-state index in [-0.39, 0.29) is 11.9 Å². The van der Waals surface area contributed by atoms with E-state index in [0.717, 1.165) is 29.1 Å². The summed E-state index contributed by atoms with van der Waals surface area (Å²) in [6, 6.07) is 15.6. The number of nitrogens with zero attached hydrogens (tertiary/aromatic N) is 2. The number of amides is 1. The van der Waals surface area contributed by atoms with Crippen molar-refractivity contribution in [2.45, 2.75) is 59.7 Å². The van der Waals surface area contributed by atoms with E-state index in [9.17, 15) is 4.79 Å². The molecule has 1 N–H and O–H groups in total. The van der Waals surface area contributed by atoms with Gasteiger partial charge >= 0.3 is 0 Å². The van der Waals surface area contributed by atoms with Crippen molar-refractivity contribution < 1.29 is 9.53 Å². The van der Waals surface area contributed by atoms with E-state index in [4.69, 9.17) is 4.74 Å². The van der Waals surface area contributed by atoms with E-state index in [1.54, 1.807) is 0 Å². The van der Waals surface area contributed by atoms with Crippen LogP contribution in [0.5, 0.6) is 5.75 Å². The van der Waals surface area contributed by atoms with E-state index < -0.39 is 0 Å². The Hall–Kier alpha value is -3.08. The van der Waals surface area contributed by atoms with Gasteiger partial charge in [-0.05, 0) is 62.1 Å². The van der Waals surface area contributed by atoms with Crippen molar-refractivity contribution in [3.05, 3.63) is 82.7 Å². The van der Waals surface area contributed by atoms with Gasteiger partial charge in [0.05, 0.1) is 12.2 Å². The van der Waals surface area contributed by atoms with Gasteiger partial charge in [-0.25, -0.2) is 0 Å². The molecule has 0 aliphatic carbocycles. The lowest BCUT2D eigenvalue weighted by Crippen LogP contribution is -2.27. The lowest BCUT2D eigenvalue weighted by Gasteiger charge is -2.15. The molecular weight excluding hydrogens is 374 g/mol. The highest BCUT2D eigenvalue weighted by Crippen LogP contribution is 2.20. The quantitative estimate of drug-likeness (QED) is 0.545. The highest BCUT2D eigenvalue weighted by atomic mass is 16.5. The van der Waals surface area contributed by atoms with Crippen molar-refractivity contribution >= 4 is 5.91 Å². The van der Waals surface area contributed by atoms with Crippen LogP contribution in [0.25, 0.3) is 0 Å². The van der Waals surface area contributed by atoms with Crippen LogP contribution in [0.4, 0.5) is 0 Å². The Kier molecular flexibility index (Phi) is 6.93. The smallest absolute Gasteiger partial charge is 0.251 e. The number of aryl methyl sites for hydroxylation is 1. The average molecular weight is 406 g/mol. The van der Waals surface area contributed by atoms with Crippen LogP contribution in [0.15, 0.2) is 54.7 Å². The molecular formula is C25H31N3O2. The maximum absolute atomic E-state index is 12.8. The number of hydrogen-bond donors (Lipinski definition) is 1. The number of rotatable bonds is 8. The molecule has 0 bridgehead atoms. The van der Waals surface area contributed by atoms with Gasteiger partial charge in [0, 0.05) is 23.4 Å². The predicted octanol–water partition coefficient (Wildman–Crippen LogP) is 5.40. The first-order valence-corrected chi connectivity index (χ1v) is 10.5. The molecule has 3 rings (SSSR count). The Labute approximate surface area is 179 Å². The van der Waals surface area contributed by atoms with Crippen molar-refractivity contribution in [2.24, 2.45) is 0 Å². The number of benzene rings is 2. The lowest BCUT2D eigenvalue weighted by atomic mass is 10.0. The molecule has 1 unspecified atom stereocenters. The van der Waals surface area contributed by atoms with Crippen LogP contribution < -0.4 is 10.1 Å². The van der Waals surface area contributed by atoms with Crippen LogP contribution in [-0.2, 0) is 13.2 Å². The first kappa shape index (κ1) is 21.6. The first-order valence-electron chi connectivity index (χ1n) is 10.5. The van der Waals surface area contributed by atoms with Crippen LogP contribution in [-0.4, -0.2) is 15.7 Å². The molecule has 3 aromatic rings. The maximum Gasteiger partial charge on any atom is 0.251 e. The first-order chi connectivity index (χ1) is 14.4. The molecule has 0 saturated carbocycles. The Bertz CT molecular complexity index is 990. The van der Waals surface area contributed by atoms with Crippen LogP contribution in [0, 0.1) is 6.92 Å². The SMILES string of the molecule is CCn1ncc(C(C)NC(=O)c2cccc(COc3ccc(C(C)C)cc3)c2)c1C. The standard InChI is InChI=1S/C25H31N3O2/c1-6-28-19(5)24(15-26-28)18(4)27-25(29)22-9-7-8-20(14-22)16-30-23-12-10-21(11-13-23)17(2)3/h7-15,17-18H,6,16H2,1-5H3,(H,27,29). The van der Waals surface area contributed by atoms with Gasteiger partial charge in [-0.1, -0.05) is 38.1 Å². The molecule has 5 nitrogen and oxygen atoms in total. The molecule has 1 aromatic heterocycles. The molecule has 0 saturated heterocycles. The van der Waals surface area contributed by atoms with E-state index in [1.807, 2.05) is 61.1 Å². The molecule has 30 heavy (non-hydrogen) atoms. The van der Waals surface area contributed by atoms with Crippen molar-refractivity contribution in [3.8, 4) is 5.75 Å². The average Bonchev–Trinajstić information content (AvgIpc) is 3.13. The number of ether oxygens (including phenoxy) is 1. The molecule has 0 aliphatic rings. The summed E-state index contributed by atoms with van der Waals surface area (Å²) in [5.74, 6) is 1.22. The minimum atomic E-state index is -0.114. The molecule has 158 valence electrons. The van der Waals surface area contributed by atoms with Gasteiger partial charge in [0.2, 0.25) is 0 Å². The minimum absolute atomic E-state index is 0.103. The normalized spacial score (nSPS) is 12.1. The monoisotopic (exact) mass is 405 g/mol. The van der Waals surface area contributed by atoms with Crippen LogP contribution in [0.2, 0.25) is 0 Å². The van der Waals surface area contributed by atoms with Gasteiger partial charge in [0.25, 0.3) is 5.91 Å². The zero-order valence-corrected chi connectivity index (χ0v) is 18.5. The zero-order valence-electron chi connectivity index (χ0n) is 18.5. The summed E-state index contributed by atoms with van der Waals surface area (Å²) in [6.07, 6.45) is 1.83. The second-order valence-electron chi connectivity index (χ2n) is 7.91. The van der Waals surface area contributed by atoms with Crippen LogP contribution >= 0.6 is 0 Å². The Morgan fingerprint density at radius 1 is 1.13 bits per heavy atom. The highest BCUT2D eigenvalue weighted by Gasteiger charge is 2.16. The van der Waals surface area contributed by atoms with E-state index in [0.29, 0.717) is 18.1 Å². The zero-order chi connectivity index (χ0) is 21.7. The molecule has 1 heterocycles. The fraction of sp³-hybridized carbons (Fsp3) is 0.360. The Morgan fingerprint density at radius 3 is 2.50 bits per heavy atom. The molecule has 0 aliphatic heterocycles. The van der Waals surface area contributed by atoms with Crippen molar-refractivity contribution in [1.82, 2.24) is 15.1 Å². The summed E-state index contributed by atoms with van der Waals surface area (Å²) in [5.41, 5.74) is 4.98. The maximum atomic E-state index is 12.8. The van der Waals surface area contributed by atoms with Crippen LogP contribution in [0.3, 0.4) is 0 Å². The van der Waals surface area contributed by atoms with Crippen LogP contribution in [0.1, 0.15) is 72.4 Å². The minimum Gasteiger partial charge on any atom is -0.489 e. The third kappa shape index (κ3) is 5.09. The fourth-order valence-electron chi connectivity index (χ4n) is 3.48. The highest BCUT2D eigenvalue weighted by molar-refractivity contribution is 5.94. The van der Waals surface area contributed by atoms with Crippen molar-refractivity contribution in [1.29, 1.82) is 0 Å². The largest absolute Gasteiger partial charge is 0.489 e. The second-order valence-corrected chi connectivity index (χ2v) is 7.91. The lowest BCUT2D eigenvalue weighted by molar-refractivity contribution is 0.0939. The third-order valence-electron chi connectivity index (χ3n) is 5.40. The van der Waals surface area contributed by atoms with Crippen molar-refractivity contribution in [2.75, 3.05) is 0 Å². The van der Waals surface area contributed by atoms with Gasteiger partial charge in [-0.2, -0.15) is 5.10 Å². The molecule has 5 heteroatoms. The fourth-order valence-corrected chi connectivity index (χ4v) is 3.48. The Balaban J connectivity index is 1.62. The summed E-state index contributed by atoms with van der Waals surface area (Å²) in [6.45, 7) is 11.6. The molecule has 0 fully saturated rings. The summed E-state index contributed by atoms with van der Waals surface area (Å²) < 4.78 is 7.83.